The lowest BCUT2D eigenvalue weighted by Crippen LogP contribution is -2.51. The second-order valence-corrected chi connectivity index (χ2v) is 9.79. The zero-order valence-electron chi connectivity index (χ0n) is 19.9. The van der Waals surface area contributed by atoms with Crippen molar-refractivity contribution in [2.45, 2.75) is 44.2 Å². The average molecular weight is 465 g/mol. The number of rotatable bonds is 5. The maximum atomic E-state index is 9.98. The smallest absolute Gasteiger partial charge is 0.320 e. The van der Waals surface area contributed by atoms with Crippen molar-refractivity contribution in [3.8, 4) is 11.8 Å². The van der Waals surface area contributed by atoms with Gasteiger partial charge in [-0.1, -0.05) is 0 Å². The number of anilines is 1. The van der Waals surface area contributed by atoms with Gasteiger partial charge in [0.2, 0.25) is 0 Å². The molecule has 180 valence electrons. The highest BCUT2D eigenvalue weighted by Crippen LogP contribution is 2.35. The van der Waals surface area contributed by atoms with Crippen LogP contribution < -0.4 is 9.64 Å². The summed E-state index contributed by atoms with van der Waals surface area (Å²) in [7, 11) is 1.58. The summed E-state index contributed by atoms with van der Waals surface area (Å²) < 4.78 is 12.7. The van der Waals surface area contributed by atoms with Crippen molar-refractivity contribution >= 4 is 16.7 Å². The minimum absolute atomic E-state index is 0.303. The first kappa shape index (κ1) is 21.8. The summed E-state index contributed by atoms with van der Waals surface area (Å²) in [5.74, 6) is 1.97. The fourth-order valence-electron chi connectivity index (χ4n) is 5.55. The fraction of sp³-hybridized carbons (Fsp3) is 0.560. The van der Waals surface area contributed by atoms with Crippen molar-refractivity contribution in [2.75, 3.05) is 51.4 Å². The van der Waals surface area contributed by atoms with Gasteiger partial charge in [-0.05, 0) is 68.5 Å². The number of nitrogens with zero attached hydrogens (tertiary/aromatic N) is 6. The number of β-amino-alcohol motifs (C(OH)–C–C–N with tert-alkyl or cyclic N) is 1. The SMILES string of the molecule is COc1nc(N2CC[C@H](O)C2)cc(-n2ncc3cc(C)c(C4CCN(C5COC5)CC4)cc32)n1. The van der Waals surface area contributed by atoms with Crippen molar-refractivity contribution in [3.63, 3.8) is 0 Å². The van der Waals surface area contributed by atoms with Crippen LogP contribution in [0.25, 0.3) is 16.7 Å². The number of ether oxygens (including phenoxy) is 2. The molecule has 1 aromatic carbocycles. The lowest BCUT2D eigenvalue weighted by atomic mass is 9.85. The fourth-order valence-corrected chi connectivity index (χ4v) is 5.55. The van der Waals surface area contributed by atoms with Gasteiger partial charge in [0.1, 0.15) is 5.82 Å². The van der Waals surface area contributed by atoms with E-state index in [1.54, 1.807) is 7.11 Å². The van der Waals surface area contributed by atoms with E-state index in [0.29, 0.717) is 30.3 Å². The van der Waals surface area contributed by atoms with Gasteiger partial charge >= 0.3 is 6.01 Å². The van der Waals surface area contributed by atoms with Gasteiger partial charge in [-0.2, -0.15) is 15.1 Å². The lowest BCUT2D eigenvalue weighted by Gasteiger charge is -2.41. The molecule has 1 N–H and O–H groups in total. The summed E-state index contributed by atoms with van der Waals surface area (Å²) in [5.41, 5.74) is 3.77. The molecule has 0 aliphatic carbocycles. The summed E-state index contributed by atoms with van der Waals surface area (Å²) in [6.07, 6.45) is 4.64. The Hall–Kier alpha value is -2.75. The standard InChI is InChI=1S/C25H32N6O3/c1-16-9-18-12-26-31(24-11-23(27-25(28-24)33-2)30-8-5-20(32)13-30)22(18)10-21(16)17-3-6-29(7-4-17)19-14-34-15-19/h9-12,17,19-20,32H,3-8,13-15H2,1-2H3/t20-/m0/s1. The zero-order valence-corrected chi connectivity index (χ0v) is 19.9. The Labute approximate surface area is 199 Å². The van der Waals surface area contributed by atoms with Gasteiger partial charge < -0.3 is 19.5 Å². The first-order valence-corrected chi connectivity index (χ1v) is 12.3. The number of likely N-dealkylation sites (tertiary alicyclic amines) is 1. The topological polar surface area (TPSA) is 88.8 Å². The number of fused-ring (bicyclic) bond motifs is 1. The van der Waals surface area contributed by atoms with Crippen molar-refractivity contribution in [1.29, 1.82) is 0 Å². The number of aliphatic hydroxyl groups excluding tert-OH is 1. The summed E-state index contributed by atoms with van der Waals surface area (Å²) >= 11 is 0. The van der Waals surface area contributed by atoms with Crippen molar-refractivity contribution in [2.24, 2.45) is 0 Å². The first-order valence-electron chi connectivity index (χ1n) is 12.3. The van der Waals surface area contributed by atoms with Crippen LogP contribution in [0.2, 0.25) is 0 Å². The quantitative estimate of drug-likeness (QED) is 0.615. The molecular formula is C25H32N6O3. The third-order valence-electron chi connectivity index (χ3n) is 7.63. The molecule has 6 rings (SSSR count). The van der Waals surface area contributed by atoms with E-state index in [2.05, 4.69) is 43.9 Å². The summed E-state index contributed by atoms with van der Waals surface area (Å²) in [6.45, 7) is 7.56. The number of hydrogen-bond donors (Lipinski definition) is 1. The summed E-state index contributed by atoms with van der Waals surface area (Å²) in [4.78, 5) is 13.8. The molecule has 9 heteroatoms. The highest BCUT2D eigenvalue weighted by atomic mass is 16.5. The van der Waals surface area contributed by atoms with Crippen LogP contribution in [-0.2, 0) is 4.74 Å². The van der Waals surface area contributed by atoms with Gasteiger partial charge in [-0.15, -0.1) is 0 Å². The maximum Gasteiger partial charge on any atom is 0.320 e. The molecule has 0 spiro atoms. The number of hydrogen-bond acceptors (Lipinski definition) is 8. The molecule has 3 fully saturated rings. The van der Waals surface area contributed by atoms with Gasteiger partial charge in [0.15, 0.2) is 5.82 Å². The molecule has 9 nitrogen and oxygen atoms in total. The number of methoxy groups -OCH3 is 1. The van der Waals surface area contributed by atoms with Crippen LogP contribution in [0.1, 0.15) is 36.3 Å². The first-order chi connectivity index (χ1) is 16.6. The van der Waals surface area contributed by atoms with E-state index in [1.807, 2.05) is 16.9 Å². The number of aliphatic hydroxyl groups is 1. The Balaban J connectivity index is 1.33. The highest BCUT2D eigenvalue weighted by Gasteiger charge is 2.31. The largest absolute Gasteiger partial charge is 0.467 e. The minimum atomic E-state index is -0.330. The molecule has 3 aliphatic heterocycles. The normalized spacial score (nSPS) is 22.4. The Morgan fingerprint density at radius 1 is 1.03 bits per heavy atom. The van der Waals surface area contributed by atoms with Gasteiger partial charge in [0.25, 0.3) is 0 Å². The molecule has 2 aromatic heterocycles. The van der Waals surface area contributed by atoms with E-state index < -0.39 is 0 Å². The monoisotopic (exact) mass is 464 g/mol. The Morgan fingerprint density at radius 2 is 1.82 bits per heavy atom. The molecule has 0 radical (unpaired) electrons. The third kappa shape index (κ3) is 3.91. The van der Waals surface area contributed by atoms with E-state index >= 15 is 0 Å². The van der Waals surface area contributed by atoms with Crippen molar-refractivity contribution in [3.05, 3.63) is 35.5 Å². The molecule has 3 aliphatic rings. The van der Waals surface area contributed by atoms with Crippen molar-refractivity contribution < 1.29 is 14.6 Å². The molecule has 3 saturated heterocycles. The van der Waals surface area contributed by atoms with Crippen molar-refractivity contribution in [1.82, 2.24) is 24.6 Å². The number of piperidine rings is 1. The third-order valence-corrected chi connectivity index (χ3v) is 7.63. The molecule has 5 heterocycles. The van der Waals surface area contributed by atoms with Crippen LogP contribution in [-0.4, -0.2) is 88.4 Å². The second-order valence-electron chi connectivity index (χ2n) is 9.79. The highest BCUT2D eigenvalue weighted by molar-refractivity contribution is 5.82. The molecule has 0 amide bonds. The van der Waals surface area contributed by atoms with E-state index in [0.717, 1.165) is 56.0 Å². The predicted octanol–water partition coefficient (Wildman–Crippen LogP) is 2.28. The van der Waals surface area contributed by atoms with Gasteiger partial charge in [-0.25, -0.2) is 4.68 Å². The van der Waals surface area contributed by atoms with E-state index in [4.69, 9.17) is 9.47 Å². The molecule has 34 heavy (non-hydrogen) atoms. The number of aryl methyl sites for hydroxylation is 1. The predicted molar refractivity (Wildman–Crippen MR) is 129 cm³/mol. The zero-order chi connectivity index (χ0) is 23.2. The maximum absolute atomic E-state index is 9.98. The lowest BCUT2D eigenvalue weighted by molar-refractivity contribution is -0.0712. The summed E-state index contributed by atoms with van der Waals surface area (Å²) in [6, 6.07) is 7.40. The van der Waals surface area contributed by atoms with E-state index in [1.165, 1.54) is 24.0 Å². The molecule has 3 aromatic rings. The Morgan fingerprint density at radius 3 is 2.50 bits per heavy atom. The molecule has 0 unspecified atom stereocenters. The molecule has 0 bridgehead atoms. The van der Waals surface area contributed by atoms with Gasteiger partial charge in [-0.3, -0.25) is 4.90 Å². The van der Waals surface area contributed by atoms with Crippen LogP contribution in [0, 0.1) is 6.92 Å². The van der Waals surface area contributed by atoms with Crippen LogP contribution in [0.5, 0.6) is 6.01 Å². The van der Waals surface area contributed by atoms with Crippen LogP contribution >= 0.6 is 0 Å². The average Bonchev–Trinajstić information content (AvgIpc) is 3.43. The molecular weight excluding hydrogens is 432 g/mol. The minimum Gasteiger partial charge on any atom is -0.467 e. The van der Waals surface area contributed by atoms with Gasteiger partial charge in [0, 0.05) is 24.5 Å². The van der Waals surface area contributed by atoms with E-state index in [9.17, 15) is 5.11 Å². The number of benzene rings is 1. The molecule has 0 saturated carbocycles. The van der Waals surface area contributed by atoms with Crippen LogP contribution in [0.4, 0.5) is 5.82 Å². The second kappa shape index (κ2) is 8.79. The van der Waals surface area contributed by atoms with Crippen LogP contribution in [0.3, 0.4) is 0 Å². The number of aromatic nitrogens is 4. The van der Waals surface area contributed by atoms with Crippen LogP contribution in [0.15, 0.2) is 24.4 Å². The Kier molecular flexibility index (Phi) is 5.63. The summed E-state index contributed by atoms with van der Waals surface area (Å²) in [5, 5.41) is 15.8. The Bertz CT molecular complexity index is 1180. The van der Waals surface area contributed by atoms with Gasteiger partial charge in [0.05, 0.1) is 44.2 Å². The molecule has 1 atom stereocenters. The van der Waals surface area contributed by atoms with E-state index in [-0.39, 0.29) is 6.10 Å².